The molecule has 0 spiro atoms. The van der Waals surface area contributed by atoms with Gasteiger partial charge in [-0.3, -0.25) is 14.4 Å². The number of nitrogens with zero attached hydrogens (tertiary/aromatic N) is 3. The fraction of sp³-hybridized carbons (Fsp3) is 0.500. The van der Waals surface area contributed by atoms with Crippen LogP contribution in [0.5, 0.6) is 0 Å². The molecule has 1 N–H and O–H groups in total. The normalized spacial score (nSPS) is 14.8. The van der Waals surface area contributed by atoms with Crippen LogP contribution in [0.15, 0.2) is 18.2 Å². The summed E-state index contributed by atoms with van der Waals surface area (Å²) in [4.78, 5) is 43.3. The molecular weight excluding hydrogens is 296 g/mol. The summed E-state index contributed by atoms with van der Waals surface area (Å²) < 4.78 is 0. The maximum Gasteiger partial charge on any atom is 0.272 e. The smallest absolute Gasteiger partial charge is 0.272 e. The van der Waals surface area contributed by atoms with Crippen molar-refractivity contribution in [1.29, 1.82) is 0 Å². The van der Waals surface area contributed by atoms with Crippen LogP contribution in [0.1, 0.15) is 41.7 Å². The molecule has 0 aliphatic carbocycles. The quantitative estimate of drug-likeness (QED) is 0.881. The zero-order valence-electron chi connectivity index (χ0n) is 13.7. The monoisotopic (exact) mass is 318 g/mol. The SMILES string of the molecule is CC(=O)N1CCN(C(=O)c2cccc(C(=O)NC(C)C)n2)CC1. The molecular formula is C16H22N4O3. The summed E-state index contributed by atoms with van der Waals surface area (Å²) in [5.74, 6) is -0.494. The average molecular weight is 318 g/mol. The molecule has 0 atom stereocenters. The van der Waals surface area contributed by atoms with Gasteiger partial charge in [0.15, 0.2) is 0 Å². The summed E-state index contributed by atoms with van der Waals surface area (Å²) in [6, 6.07) is 4.85. The van der Waals surface area contributed by atoms with E-state index in [0.717, 1.165) is 0 Å². The van der Waals surface area contributed by atoms with Crippen LogP contribution < -0.4 is 5.32 Å². The number of hydrogen-bond donors (Lipinski definition) is 1. The van der Waals surface area contributed by atoms with E-state index in [0.29, 0.717) is 26.2 Å². The number of rotatable bonds is 3. The maximum atomic E-state index is 12.5. The molecule has 7 heteroatoms. The molecule has 1 aromatic heterocycles. The van der Waals surface area contributed by atoms with Crippen LogP contribution in [-0.2, 0) is 4.79 Å². The molecule has 2 rings (SSSR count). The predicted octanol–water partition coefficient (Wildman–Crippen LogP) is 0.524. The molecule has 1 fully saturated rings. The fourth-order valence-corrected chi connectivity index (χ4v) is 2.40. The highest BCUT2D eigenvalue weighted by atomic mass is 16.2. The van der Waals surface area contributed by atoms with Gasteiger partial charge in [-0.05, 0) is 26.0 Å². The molecule has 0 aromatic carbocycles. The van der Waals surface area contributed by atoms with Crippen molar-refractivity contribution in [3.63, 3.8) is 0 Å². The number of amides is 3. The van der Waals surface area contributed by atoms with Gasteiger partial charge in [0.1, 0.15) is 11.4 Å². The molecule has 2 heterocycles. The second kappa shape index (κ2) is 7.21. The van der Waals surface area contributed by atoms with Crippen LogP contribution >= 0.6 is 0 Å². The summed E-state index contributed by atoms with van der Waals surface area (Å²) in [5.41, 5.74) is 0.476. The Morgan fingerprint density at radius 1 is 1.04 bits per heavy atom. The van der Waals surface area contributed by atoms with Crippen LogP contribution in [0.25, 0.3) is 0 Å². The van der Waals surface area contributed by atoms with Gasteiger partial charge in [0, 0.05) is 39.1 Å². The van der Waals surface area contributed by atoms with Gasteiger partial charge in [0.25, 0.3) is 11.8 Å². The van der Waals surface area contributed by atoms with Crippen LogP contribution in [0, 0.1) is 0 Å². The molecule has 124 valence electrons. The second-order valence-electron chi connectivity index (χ2n) is 5.83. The van der Waals surface area contributed by atoms with Crippen molar-refractivity contribution in [1.82, 2.24) is 20.1 Å². The first kappa shape index (κ1) is 16.9. The van der Waals surface area contributed by atoms with Gasteiger partial charge in [-0.1, -0.05) is 6.07 Å². The van der Waals surface area contributed by atoms with Crippen molar-refractivity contribution in [3.05, 3.63) is 29.6 Å². The van der Waals surface area contributed by atoms with Crippen molar-refractivity contribution in [2.45, 2.75) is 26.8 Å². The standard InChI is InChI=1S/C16H22N4O3/c1-11(2)17-15(22)13-5-4-6-14(18-13)16(23)20-9-7-19(8-10-20)12(3)21/h4-6,11H,7-10H2,1-3H3,(H,17,22). The number of aromatic nitrogens is 1. The second-order valence-corrected chi connectivity index (χ2v) is 5.83. The van der Waals surface area contributed by atoms with Crippen molar-refractivity contribution in [3.8, 4) is 0 Å². The van der Waals surface area contributed by atoms with E-state index in [9.17, 15) is 14.4 Å². The molecule has 1 aliphatic rings. The molecule has 1 aromatic rings. The largest absolute Gasteiger partial charge is 0.349 e. The van der Waals surface area contributed by atoms with Gasteiger partial charge in [-0.2, -0.15) is 0 Å². The highest BCUT2D eigenvalue weighted by Gasteiger charge is 2.24. The molecule has 0 bridgehead atoms. The number of nitrogens with one attached hydrogen (secondary N) is 1. The Bertz CT molecular complexity index is 607. The van der Waals surface area contributed by atoms with Crippen LogP contribution in [0.4, 0.5) is 0 Å². The molecule has 3 amide bonds. The Kier molecular flexibility index (Phi) is 5.31. The van der Waals surface area contributed by atoms with Crippen molar-refractivity contribution in [2.24, 2.45) is 0 Å². The predicted molar refractivity (Wildman–Crippen MR) is 85.0 cm³/mol. The number of carbonyl (C=O) groups is 3. The van der Waals surface area contributed by atoms with E-state index < -0.39 is 0 Å². The number of piperazine rings is 1. The van der Waals surface area contributed by atoms with Crippen LogP contribution in [-0.4, -0.2) is 64.7 Å². The lowest BCUT2D eigenvalue weighted by Crippen LogP contribution is -2.50. The van der Waals surface area contributed by atoms with Gasteiger partial charge in [0.2, 0.25) is 5.91 Å². The Morgan fingerprint density at radius 3 is 2.17 bits per heavy atom. The lowest BCUT2D eigenvalue weighted by Gasteiger charge is -2.34. The minimum Gasteiger partial charge on any atom is -0.349 e. The fourth-order valence-electron chi connectivity index (χ4n) is 2.40. The zero-order valence-corrected chi connectivity index (χ0v) is 13.7. The van der Waals surface area contributed by atoms with Crippen LogP contribution in [0.2, 0.25) is 0 Å². The molecule has 1 saturated heterocycles. The molecule has 0 saturated carbocycles. The van der Waals surface area contributed by atoms with Crippen molar-refractivity contribution < 1.29 is 14.4 Å². The van der Waals surface area contributed by atoms with E-state index in [-0.39, 0.29) is 35.2 Å². The Balaban J connectivity index is 2.06. The minimum absolute atomic E-state index is 0.00307. The summed E-state index contributed by atoms with van der Waals surface area (Å²) in [6.45, 7) is 7.24. The van der Waals surface area contributed by atoms with E-state index in [1.54, 1.807) is 28.0 Å². The zero-order chi connectivity index (χ0) is 17.0. The van der Waals surface area contributed by atoms with E-state index >= 15 is 0 Å². The van der Waals surface area contributed by atoms with E-state index in [1.807, 2.05) is 13.8 Å². The number of carbonyl (C=O) groups excluding carboxylic acids is 3. The lowest BCUT2D eigenvalue weighted by atomic mass is 10.2. The van der Waals surface area contributed by atoms with Gasteiger partial charge < -0.3 is 15.1 Å². The van der Waals surface area contributed by atoms with Gasteiger partial charge >= 0.3 is 0 Å². The highest BCUT2D eigenvalue weighted by Crippen LogP contribution is 2.08. The third-order valence-corrected chi connectivity index (χ3v) is 3.63. The number of pyridine rings is 1. The van der Waals surface area contributed by atoms with E-state index in [2.05, 4.69) is 10.3 Å². The van der Waals surface area contributed by atoms with Gasteiger partial charge in [-0.25, -0.2) is 4.98 Å². The first-order valence-corrected chi connectivity index (χ1v) is 7.71. The first-order valence-electron chi connectivity index (χ1n) is 7.71. The lowest BCUT2D eigenvalue weighted by molar-refractivity contribution is -0.130. The number of hydrogen-bond acceptors (Lipinski definition) is 4. The van der Waals surface area contributed by atoms with Crippen molar-refractivity contribution in [2.75, 3.05) is 26.2 Å². The topological polar surface area (TPSA) is 82.6 Å². The Morgan fingerprint density at radius 2 is 1.61 bits per heavy atom. The maximum absolute atomic E-state index is 12.5. The molecule has 0 radical (unpaired) electrons. The summed E-state index contributed by atoms with van der Waals surface area (Å²) in [6.07, 6.45) is 0. The van der Waals surface area contributed by atoms with E-state index in [1.165, 1.54) is 6.92 Å². The summed E-state index contributed by atoms with van der Waals surface area (Å²) in [5, 5.41) is 2.75. The van der Waals surface area contributed by atoms with Gasteiger partial charge in [0.05, 0.1) is 0 Å². The summed E-state index contributed by atoms with van der Waals surface area (Å²) >= 11 is 0. The first-order chi connectivity index (χ1) is 10.9. The molecule has 0 unspecified atom stereocenters. The molecule has 23 heavy (non-hydrogen) atoms. The third kappa shape index (κ3) is 4.28. The highest BCUT2D eigenvalue weighted by molar-refractivity contribution is 5.96. The van der Waals surface area contributed by atoms with Crippen molar-refractivity contribution >= 4 is 17.7 Å². The van der Waals surface area contributed by atoms with Gasteiger partial charge in [-0.15, -0.1) is 0 Å². The average Bonchev–Trinajstić information content (AvgIpc) is 2.53. The third-order valence-electron chi connectivity index (χ3n) is 3.63. The molecule has 7 nitrogen and oxygen atoms in total. The summed E-state index contributed by atoms with van der Waals surface area (Å²) in [7, 11) is 0. The Hall–Kier alpha value is -2.44. The Labute approximate surface area is 135 Å². The van der Waals surface area contributed by atoms with E-state index in [4.69, 9.17) is 0 Å². The van der Waals surface area contributed by atoms with Crippen LogP contribution in [0.3, 0.4) is 0 Å². The minimum atomic E-state index is -0.295. The molecule has 1 aliphatic heterocycles.